The van der Waals surface area contributed by atoms with Gasteiger partial charge in [-0.3, -0.25) is 5.32 Å². The molecule has 0 bridgehead atoms. The lowest BCUT2D eigenvalue weighted by atomic mass is 10.1. The minimum absolute atomic E-state index is 0.244. The smallest absolute Gasteiger partial charge is 0.320 e. The van der Waals surface area contributed by atoms with Gasteiger partial charge in [0, 0.05) is 17.7 Å². The largest absolute Gasteiger partial charge is 0.489 e. The molecule has 0 spiro atoms. The van der Waals surface area contributed by atoms with E-state index < -0.39 is 0 Å². The Bertz CT molecular complexity index is 805. The molecular weight excluding hydrogens is 282 g/mol. The normalized spacial score (nSPS) is 23.4. The molecule has 2 amide bonds. The maximum Gasteiger partial charge on any atom is 0.320 e. The van der Waals surface area contributed by atoms with Crippen molar-refractivity contribution in [2.45, 2.75) is 25.0 Å². The molecule has 0 saturated heterocycles. The maximum atomic E-state index is 11.3. The molecule has 5 rings (SSSR count). The number of carbonyl (C=O) groups is 1. The molecular formula is C16H13N3O3. The SMILES string of the molecule is O=C1NCc2c(Oc3ccc4c(c3)C3CC3O4)ccnc2N1. The summed E-state index contributed by atoms with van der Waals surface area (Å²) in [6.07, 6.45) is 3.11. The Balaban J connectivity index is 1.48. The number of ether oxygens (including phenoxy) is 2. The Hall–Kier alpha value is -2.76. The van der Waals surface area contributed by atoms with E-state index in [0.717, 1.165) is 23.5 Å². The van der Waals surface area contributed by atoms with E-state index in [1.807, 2.05) is 18.2 Å². The third kappa shape index (κ3) is 1.73. The zero-order chi connectivity index (χ0) is 14.7. The molecule has 2 N–H and O–H groups in total. The van der Waals surface area contributed by atoms with Gasteiger partial charge in [0.1, 0.15) is 29.2 Å². The van der Waals surface area contributed by atoms with Crippen LogP contribution in [0.1, 0.15) is 23.5 Å². The predicted molar refractivity (Wildman–Crippen MR) is 78.4 cm³/mol. The molecule has 2 aromatic rings. The van der Waals surface area contributed by atoms with Gasteiger partial charge < -0.3 is 14.8 Å². The van der Waals surface area contributed by atoms with Crippen LogP contribution in [0.4, 0.5) is 10.6 Å². The minimum Gasteiger partial charge on any atom is -0.489 e. The number of nitrogens with one attached hydrogen (secondary N) is 2. The van der Waals surface area contributed by atoms with Gasteiger partial charge in [-0.2, -0.15) is 0 Å². The van der Waals surface area contributed by atoms with Crippen LogP contribution in [0.15, 0.2) is 30.5 Å². The fraction of sp³-hybridized carbons (Fsp3) is 0.250. The highest BCUT2D eigenvalue weighted by atomic mass is 16.5. The van der Waals surface area contributed by atoms with Gasteiger partial charge in [0.05, 0.1) is 12.1 Å². The van der Waals surface area contributed by atoms with E-state index in [9.17, 15) is 4.79 Å². The van der Waals surface area contributed by atoms with Gasteiger partial charge in [0.25, 0.3) is 0 Å². The van der Waals surface area contributed by atoms with Crippen molar-refractivity contribution in [2.75, 3.05) is 5.32 Å². The Morgan fingerprint density at radius 3 is 3.23 bits per heavy atom. The summed E-state index contributed by atoms with van der Waals surface area (Å²) in [5.74, 6) is 3.53. The lowest BCUT2D eigenvalue weighted by molar-refractivity contribution is 0.250. The lowest BCUT2D eigenvalue weighted by Gasteiger charge is -2.20. The van der Waals surface area contributed by atoms with Gasteiger partial charge >= 0.3 is 6.03 Å². The number of pyridine rings is 1. The average molecular weight is 295 g/mol. The molecule has 3 heterocycles. The number of aromatic nitrogens is 1. The first kappa shape index (κ1) is 11.9. The van der Waals surface area contributed by atoms with E-state index in [0.29, 0.717) is 30.1 Å². The Labute approximate surface area is 126 Å². The summed E-state index contributed by atoms with van der Waals surface area (Å²) < 4.78 is 11.8. The molecule has 6 heteroatoms. The van der Waals surface area contributed by atoms with Crippen molar-refractivity contribution in [3.63, 3.8) is 0 Å². The number of nitrogens with zero attached hydrogens (tertiary/aromatic N) is 1. The number of fused-ring (bicyclic) bond motifs is 4. The first-order valence-electron chi connectivity index (χ1n) is 7.29. The summed E-state index contributed by atoms with van der Waals surface area (Å²) in [6, 6.07) is 7.48. The molecule has 22 heavy (non-hydrogen) atoms. The number of anilines is 1. The van der Waals surface area contributed by atoms with E-state index in [1.165, 1.54) is 5.56 Å². The topological polar surface area (TPSA) is 72.5 Å². The molecule has 1 aromatic heterocycles. The van der Waals surface area contributed by atoms with Crippen molar-refractivity contribution in [3.8, 4) is 17.2 Å². The van der Waals surface area contributed by atoms with Gasteiger partial charge in [-0.25, -0.2) is 9.78 Å². The first-order valence-corrected chi connectivity index (χ1v) is 7.29. The number of rotatable bonds is 2. The maximum absolute atomic E-state index is 11.3. The quantitative estimate of drug-likeness (QED) is 0.893. The summed E-state index contributed by atoms with van der Waals surface area (Å²) in [4.78, 5) is 15.5. The third-order valence-electron chi connectivity index (χ3n) is 4.29. The van der Waals surface area contributed by atoms with E-state index >= 15 is 0 Å². The Morgan fingerprint density at radius 2 is 2.27 bits per heavy atom. The Morgan fingerprint density at radius 1 is 1.32 bits per heavy atom. The zero-order valence-corrected chi connectivity index (χ0v) is 11.6. The van der Waals surface area contributed by atoms with Crippen molar-refractivity contribution in [3.05, 3.63) is 41.6 Å². The molecule has 2 aliphatic heterocycles. The number of hydrogen-bond acceptors (Lipinski definition) is 4. The van der Waals surface area contributed by atoms with Crippen LogP contribution in [0, 0.1) is 0 Å². The summed E-state index contributed by atoms with van der Waals surface area (Å²) in [6.45, 7) is 0.406. The van der Waals surface area contributed by atoms with Crippen LogP contribution in [0.3, 0.4) is 0 Å². The van der Waals surface area contributed by atoms with Crippen molar-refractivity contribution >= 4 is 11.8 Å². The summed E-state index contributed by atoms with van der Waals surface area (Å²) in [7, 11) is 0. The van der Waals surface area contributed by atoms with Gasteiger partial charge in [0.15, 0.2) is 0 Å². The third-order valence-corrected chi connectivity index (χ3v) is 4.29. The highest BCUT2D eigenvalue weighted by Gasteiger charge is 2.48. The van der Waals surface area contributed by atoms with Gasteiger partial charge in [-0.05, 0) is 30.7 Å². The van der Waals surface area contributed by atoms with Crippen LogP contribution in [-0.4, -0.2) is 17.1 Å². The van der Waals surface area contributed by atoms with Crippen molar-refractivity contribution < 1.29 is 14.3 Å². The zero-order valence-electron chi connectivity index (χ0n) is 11.6. The fourth-order valence-corrected chi connectivity index (χ4v) is 3.08. The van der Waals surface area contributed by atoms with Crippen LogP contribution < -0.4 is 20.1 Å². The van der Waals surface area contributed by atoms with Crippen LogP contribution in [0.25, 0.3) is 0 Å². The molecule has 3 aliphatic rings. The summed E-state index contributed by atoms with van der Waals surface area (Å²) in [5, 5.41) is 5.41. The highest BCUT2D eigenvalue weighted by molar-refractivity contribution is 5.91. The summed E-state index contributed by atoms with van der Waals surface area (Å²) >= 11 is 0. The molecule has 1 saturated carbocycles. The predicted octanol–water partition coefficient (Wildman–Crippen LogP) is 2.76. The molecule has 110 valence electrons. The molecule has 1 aliphatic carbocycles. The Kier molecular flexibility index (Phi) is 2.22. The molecule has 2 atom stereocenters. The first-order chi connectivity index (χ1) is 10.8. The minimum atomic E-state index is -0.244. The van der Waals surface area contributed by atoms with Crippen LogP contribution >= 0.6 is 0 Å². The number of amides is 2. The highest BCUT2D eigenvalue weighted by Crippen LogP contribution is 2.54. The monoisotopic (exact) mass is 295 g/mol. The number of hydrogen-bond donors (Lipinski definition) is 2. The van der Waals surface area contributed by atoms with Crippen LogP contribution in [-0.2, 0) is 6.54 Å². The van der Waals surface area contributed by atoms with E-state index in [4.69, 9.17) is 9.47 Å². The van der Waals surface area contributed by atoms with Gasteiger partial charge in [-0.15, -0.1) is 0 Å². The molecule has 1 fully saturated rings. The van der Waals surface area contributed by atoms with E-state index in [-0.39, 0.29) is 6.03 Å². The molecule has 6 nitrogen and oxygen atoms in total. The number of carbonyl (C=O) groups excluding carboxylic acids is 1. The molecule has 0 radical (unpaired) electrons. The van der Waals surface area contributed by atoms with Crippen molar-refractivity contribution in [2.24, 2.45) is 0 Å². The molecule has 1 aromatic carbocycles. The molecule has 2 unspecified atom stereocenters. The number of benzene rings is 1. The van der Waals surface area contributed by atoms with Crippen LogP contribution in [0.5, 0.6) is 17.2 Å². The summed E-state index contributed by atoms with van der Waals surface area (Å²) in [5.41, 5.74) is 2.08. The number of urea groups is 1. The average Bonchev–Trinajstić information content (AvgIpc) is 3.20. The van der Waals surface area contributed by atoms with Crippen molar-refractivity contribution in [1.29, 1.82) is 0 Å². The second-order valence-corrected chi connectivity index (χ2v) is 5.74. The van der Waals surface area contributed by atoms with E-state index in [2.05, 4.69) is 21.7 Å². The van der Waals surface area contributed by atoms with Gasteiger partial charge in [-0.1, -0.05) is 0 Å². The van der Waals surface area contributed by atoms with E-state index in [1.54, 1.807) is 6.20 Å². The van der Waals surface area contributed by atoms with Crippen molar-refractivity contribution in [1.82, 2.24) is 10.3 Å². The standard InChI is InChI=1S/C16H13N3O3/c20-16-18-7-11-13(3-4-17-15(11)19-16)21-8-1-2-12-9(5-8)10-6-14(10)22-12/h1-5,10,14H,6-7H2,(H2,17,18,19,20). The second kappa shape index (κ2) is 4.13. The van der Waals surface area contributed by atoms with Gasteiger partial charge in [0.2, 0.25) is 0 Å². The fourth-order valence-electron chi connectivity index (χ4n) is 3.08. The van der Waals surface area contributed by atoms with Crippen LogP contribution in [0.2, 0.25) is 0 Å². The second-order valence-electron chi connectivity index (χ2n) is 5.74. The lowest BCUT2D eigenvalue weighted by Crippen LogP contribution is -2.34.